The average Bonchev–Trinajstić information content (AvgIpc) is 3.15. The summed E-state index contributed by atoms with van der Waals surface area (Å²) in [6.07, 6.45) is 2.29. The van der Waals surface area contributed by atoms with Gasteiger partial charge in [0.15, 0.2) is 5.96 Å². The molecule has 1 aliphatic rings. The third-order valence-corrected chi connectivity index (χ3v) is 6.07. The zero-order valence-electron chi connectivity index (χ0n) is 18.4. The highest BCUT2D eigenvalue weighted by molar-refractivity contribution is 14.0. The zero-order chi connectivity index (χ0) is 21.3. The molecule has 9 heteroatoms. The number of thiazole rings is 1. The fourth-order valence-electron chi connectivity index (χ4n) is 3.55. The van der Waals surface area contributed by atoms with Crippen molar-refractivity contribution < 1.29 is 9.13 Å². The summed E-state index contributed by atoms with van der Waals surface area (Å²) >= 11 is 1.72. The first-order valence-electron chi connectivity index (χ1n) is 10.5. The highest BCUT2D eigenvalue weighted by atomic mass is 127. The number of ether oxygens (including phenoxy) is 1. The quantitative estimate of drug-likeness (QED) is 0.290. The molecule has 172 valence electrons. The van der Waals surface area contributed by atoms with E-state index in [1.165, 1.54) is 30.7 Å². The molecule has 0 radical (unpaired) electrons. The van der Waals surface area contributed by atoms with Crippen LogP contribution in [-0.2, 0) is 6.54 Å². The van der Waals surface area contributed by atoms with Gasteiger partial charge in [-0.3, -0.25) is 9.89 Å². The van der Waals surface area contributed by atoms with Crippen LogP contribution in [-0.4, -0.2) is 55.2 Å². The van der Waals surface area contributed by atoms with Gasteiger partial charge in [0.25, 0.3) is 0 Å². The van der Waals surface area contributed by atoms with Gasteiger partial charge in [0.2, 0.25) is 0 Å². The fraction of sp³-hybridized carbons (Fsp3) is 0.545. The molecule has 2 N–H and O–H groups in total. The second kappa shape index (κ2) is 13.2. The van der Waals surface area contributed by atoms with Gasteiger partial charge in [-0.15, -0.1) is 35.3 Å². The highest BCUT2D eigenvalue weighted by Crippen LogP contribution is 2.19. The summed E-state index contributed by atoms with van der Waals surface area (Å²) in [5, 5.41) is 10.1. The van der Waals surface area contributed by atoms with E-state index in [0.717, 1.165) is 37.1 Å². The molecule has 0 bridgehead atoms. The van der Waals surface area contributed by atoms with E-state index in [1.807, 2.05) is 6.92 Å². The Labute approximate surface area is 205 Å². The van der Waals surface area contributed by atoms with Crippen LogP contribution in [0.1, 0.15) is 30.5 Å². The molecule has 1 saturated heterocycles. The number of nitrogens with one attached hydrogen (secondary N) is 2. The molecule has 1 atom stereocenters. The topological polar surface area (TPSA) is 61.8 Å². The Kier molecular flexibility index (Phi) is 11.0. The third-order valence-electron chi connectivity index (χ3n) is 5.25. The van der Waals surface area contributed by atoms with E-state index in [4.69, 9.17) is 4.74 Å². The van der Waals surface area contributed by atoms with E-state index in [-0.39, 0.29) is 35.9 Å². The molecule has 0 aliphatic carbocycles. The van der Waals surface area contributed by atoms with Crippen molar-refractivity contribution in [2.45, 2.75) is 39.3 Å². The second-order valence-corrected chi connectivity index (χ2v) is 8.86. The summed E-state index contributed by atoms with van der Waals surface area (Å²) in [6.45, 7) is 8.74. The predicted octanol–water partition coefficient (Wildman–Crippen LogP) is 4.05. The lowest BCUT2D eigenvalue weighted by Gasteiger charge is -2.31. The van der Waals surface area contributed by atoms with Crippen LogP contribution in [0, 0.1) is 18.7 Å². The molecule has 2 aromatic rings. The molecule has 6 nitrogen and oxygen atoms in total. The van der Waals surface area contributed by atoms with E-state index >= 15 is 0 Å². The monoisotopic (exact) mass is 561 g/mol. The number of aliphatic imine (C=N–C) groups is 1. The molecule has 1 aromatic carbocycles. The van der Waals surface area contributed by atoms with Crippen molar-refractivity contribution in [3.05, 3.63) is 46.2 Å². The number of hydrogen-bond donors (Lipinski definition) is 2. The summed E-state index contributed by atoms with van der Waals surface area (Å²) in [5.74, 6) is 1.82. The normalized spacial score (nSPS) is 16.5. The number of halogens is 2. The van der Waals surface area contributed by atoms with Crippen molar-refractivity contribution in [2.24, 2.45) is 10.9 Å². The lowest BCUT2D eigenvalue weighted by Crippen LogP contribution is -2.45. The van der Waals surface area contributed by atoms with Gasteiger partial charge in [-0.25, -0.2) is 9.37 Å². The Bertz CT molecular complexity index is 808. The molecule has 1 aliphatic heterocycles. The van der Waals surface area contributed by atoms with Crippen molar-refractivity contribution in [1.82, 2.24) is 20.5 Å². The van der Waals surface area contributed by atoms with Crippen molar-refractivity contribution in [1.29, 1.82) is 0 Å². The first kappa shape index (κ1) is 25.8. The van der Waals surface area contributed by atoms with Crippen molar-refractivity contribution in [3.8, 4) is 5.75 Å². The summed E-state index contributed by atoms with van der Waals surface area (Å²) in [6, 6.07) is 6.08. The molecule has 2 heterocycles. The van der Waals surface area contributed by atoms with Crippen LogP contribution in [0.25, 0.3) is 0 Å². The van der Waals surface area contributed by atoms with Crippen LogP contribution in [0.4, 0.5) is 4.39 Å². The Balaban J connectivity index is 0.00000341. The van der Waals surface area contributed by atoms with Crippen LogP contribution in [0.5, 0.6) is 5.75 Å². The molecule has 0 amide bonds. The van der Waals surface area contributed by atoms with Gasteiger partial charge < -0.3 is 15.4 Å². The molecular weight excluding hydrogens is 528 g/mol. The van der Waals surface area contributed by atoms with Gasteiger partial charge in [-0.2, -0.15) is 0 Å². The van der Waals surface area contributed by atoms with E-state index in [2.05, 4.69) is 37.8 Å². The van der Waals surface area contributed by atoms with Crippen LogP contribution in [0.15, 0.2) is 34.6 Å². The van der Waals surface area contributed by atoms with E-state index in [0.29, 0.717) is 18.2 Å². The highest BCUT2D eigenvalue weighted by Gasteiger charge is 2.20. The van der Waals surface area contributed by atoms with Gasteiger partial charge in [-0.05, 0) is 70.0 Å². The molecule has 1 aromatic heterocycles. The number of aromatic nitrogens is 1. The SMILES string of the molecule is CN=C(NCC1CCN(Cc2csc(C)n2)CC1)NCC(C)Oc1ccc(F)cc1.I. The van der Waals surface area contributed by atoms with Crippen LogP contribution in [0.3, 0.4) is 0 Å². The average molecular weight is 562 g/mol. The number of aryl methyl sites for hydroxylation is 1. The maximum atomic E-state index is 13.0. The zero-order valence-corrected chi connectivity index (χ0v) is 21.6. The third kappa shape index (κ3) is 8.89. The standard InChI is InChI=1S/C22H32FN5OS.HI/c1-16(29-21-6-4-19(23)5-7-21)12-25-22(24-3)26-13-18-8-10-28(11-9-18)14-20-15-30-17(2)27-20;/h4-7,15-16,18H,8-14H2,1-3H3,(H2,24,25,26);1H. The summed E-state index contributed by atoms with van der Waals surface area (Å²) in [5.41, 5.74) is 1.19. The largest absolute Gasteiger partial charge is 0.489 e. The number of benzene rings is 1. The van der Waals surface area contributed by atoms with Crippen LogP contribution >= 0.6 is 35.3 Å². The number of nitrogens with zero attached hydrogens (tertiary/aromatic N) is 3. The Hall–Kier alpha value is -1.46. The van der Waals surface area contributed by atoms with Gasteiger partial charge in [0.1, 0.15) is 17.7 Å². The number of piperidine rings is 1. The van der Waals surface area contributed by atoms with Gasteiger partial charge in [0, 0.05) is 25.5 Å². The second-order valence-electron chi connectivity index (χ2n) is 7.79. The Morgan fingerprint density at radius 1 is 1.29 bits per heavy atom. The van der Waals surface area contributed by atoms with E-state index in [1.54, 1.807) is 30.5 Å². The smallest absolute Gasteiger partial charge is 0.191 e. The molecule has 0 saturated carbocycles. The van der Waals surface area contributed by atoms with Crippen molar-refractivity contribution >= 4 is 41.3 Å². The van der Waals surface area contributed by atoms with E-state index < -0.39 is 0 Å². The Morgan fingerprint density at radius 3 is 2.61 bits per heavy atom. The minimum absolute atomic E-state index is 0. The molecule has 1 unspecified atom stereocenters. The first-order chi connectivity index (χ1) is 14.5. The lowest BCUT2D eigenvalue weighted by molar-refractivity contribution is 0.176. The lowest BCUT2D eigenvalue weighted by atomic mass is 9.97. The fourth-order valence-corrected chi connectivity index (χ4v) is 4.15. The summed E-state index contributed by atoms with van der Waals surface area (Å²) in [4.78, 5) is 11.4. The van der Waals surface area contributed by atoms with Gasteiger partial charge in [-0.1, -0.05) is 0 Å². The minimum Gasteiger partial charge on any atom is -0.489 e. The van der Waals surface area contributed by atoms with Crippen molar-refractivity contribution in [2.75, 3.05) is 33.2 Å². The van der Waals surface area contributed by atoms with Gasteiger partial charge in [0.05, 0.1) is 17.2 Å². The Morgan fingerprint density at radius 2 is 2.00 bits per heavy atom. The molecule has 0 spiro atoms. The number of rotatable bonds is 8. The van der Waals surface area contributed by atoms with E-state index in [9.17, 15) is 4.39 Å². The van der Waals surface area contributed by atoms with Crippen molar-refractivity contribution in [3.63, 3.8) is 0 Å². The van der Waals surface area contributed by atoms with Gasteiger partial charge >= 0.3 is 0 Å². The number of likely N-dealkylation sites (tertiary alicyclic amines) is 1. The number of guanidine groups is 1. The maximum absolute atomic E-state index is 13.0. The first-order valence-corrected chi connectivity index (χ1v) is 11.4. The minimum atomic E-state index is -0.262. The molecule has 1 fully saturated rings. The number of hydrogen-bond acceptors (Lipinski definition) is 5. The maximum Gasteiger partial charge on any atom is 0.191 e. The molecule has 31 heavy (non-hydrogen) atoms. The molecular formula is C22H33FIN5OS. The van der Waals surface area contributed by atoms with Crippen LogP contribution < -0.4 is 15.4 Å². The predicted molar refractivity (Wildman–Crippen MR) is 136 cm³/mol. The summed E-state index contributed by atoms with van der Waals surface area (Å²) in [7, 11) is 1.78. The van der Waals surface area contributed by atoms with Crippen LogP contribution in [0.2, 0.25) is 0 Å². The molecule has 3 rings (SSSR count). The summed E-state index contributed by atoms with van der Waals surface area (Å²) < 4.78 is 18.8.